The highest BCUT2D eigenvalue weighted by Gasteiger charge is 2.04. The number of nitrogens with zero attached hydrogens (tertiary/aromatic N) is 2. The predicted octanol–water partition coefficient (Wildman–Crippen LogP) is 1.21. The smallest absolute Gasteiger partial charge is 0.127 e. The van der Waals surface area contributed by atoms with Gasteiger partial charge in [0.05, 0.1) is 6.61 Å². The Kier molecular flexibility index (Phi) is 1.82. The Morgan fingerprint density at radius 1 is 1.42 bits per heavy atom. The second-order valence-corrected chi connectivity index (χ2v) is 3.28. The lowest BCUT2D eigenvalue weighted by Crippen LogP contribution is -1.83. The molecule has 4 nitrogen and oxygen atoms in total. The summed E-state index contributed by atoms with van der Waals surface area (Å²) >= 11 is 3.33. The molecule has 0 fully saturated rings. The minimum atomic E-state index is 0.0153. The van der Waals surface area contributed by atoms with Gasteiger partial charge in [0, 0.05) is 4.47 Å². The van der Waals surface area contributed by atoms with Gasteiger partial charge in [0.25, 0.3) is 0 Å². The average Bonchev–Trinajstić information content (AvgIpc) is 2.52. The van der Waals surface area contributed by atoms with Crippen molar-refractivity contribution in [2.24, 2.45) is 0 Å². The van der Waals surface area contributed by atoms with Gasteiger partial charge in [-0.15, -0.1) is 0 Å². The van der Waals surface area contributed by atoms with Gasteiger partial charge < -0.3 is 5.11 Å². The zero-order valence-corrected chi connectivity index (χ0v) is 7.67. The number of aromatic amines is 1. The van der Waals surface area contributed by atoms with Crippen LogP contribution in [-0.4, -0.2) is 20.5 Å². The van der Waals surface area contributed by atoms with E-state index in [-0.39, 0.29) is 6.61 Å². The van der Waals surface area contributed by atoms with Crippen molar-refractivity contribution in [2.45, 2.75) is 6.61 Å². The van der Waals surface area contributed by atoms with Gasteiger partial charge >= 0.3 is 0 Å². The lowest BCUT2D eigenvalue weighted by molar-refractivity contribution is 0.282. The van der Waals surface area contributed by atoms with Crippen LogP contribution in [0.5, 0.6) is 0 Å². The minimum Gasteiger partial charge on any atom is -0.392 e. The first-order valence-corrected chi connectivity index (χ1v) is 4.20. The fourth-order valence-corrected chi connectivity index (χ4v) is 1.64. The summed E-state index contributed by atoms with van der Waals surface area (Å²) < 4.78 is 0.845. The molecular weight excluding hydrogens is 222 g/mol. The molecule has 1 aromatic carbocycles. The summed E-state index contributed by atoms with van der Waals surface area (Å²) in [5, 5.41) is 19.2. The predicted molar refractivity (Wildman–Crippen MR) is 47.5 cm³/mol. The van der Waals surface area contributed by atoms with Gasteiger partial charge in [-0.1, -0.05) is 0 Å². The molecule has 62 valence electrons. The molecule has 1 aromatic heterocycles. The Hall–Kier alpha value is -0.940. The zero-order chi connectivity index (χ0) is 8.55. The summed E-state index contributed by atoms with van der Waals surface area (Å²) in [5.41, 5.74) is 2.36. The Morgan fingerprint density at radius 3 is 3.00 bits per heavy atom. The number of aliphatic hydroxyl groups is 1. The molecule has 0 radical (unpaired) electrons. The van der Waals surface area contributed by atoms with E-state index >= 15 is 0 Å². The molecule has 0 amide bonds. The molecule has 0 unspecified atom stereocenters. The maximum Gasteiger partial charge on any atom is 0.127 e. The number of hydrogen-bond donors (Lipinski definition) is 2. The molecule has 0 aliphatic carbocycles. The summed E-state index contributed by atoms with van der Waals surface area (Å²) in [4.78, 5) is 0. The highest BCUT2D eigenvalue weighted by molar-refractivity contribution is 9.10. The maximum absolute atomic E-state index is 8.88. The first-order chi connectivity index (χ1) is 5.81. The zero-order valence-electron chi connectivity index (χ0n) is 6.08. The fraction of sp³-hybridized carbons (Fsp3) is 0.143. The summed E-state index contributed by atoms with van der Waals surface area (Å²) in [6, 6.07) is 3.62. The average molecular weight is 228 g/mol. The standard InChI is InChI=1S/C7H6BrN3O/c8-5-1-4(3-12)2-6-7(5)10-11-9-6/h1-2,12H,3H2,(H,9,10,11). The van der Waals surface area contributed by atoms with E-state index < -0.39 is 0 Å². The number of H-pyrrole nitrogens is 1. The number of aromatic nitrogens is 3. The van der Waals surface area contributed by atoms with Crippen LogP contribution < -0.4 is 0 Å². The summed E-state index contributed by atoms with van der Waals surface area (Å²) in [5.74, 6) is 0. The van der Waals surface area contributed by atoms with Gasteiger partial charge in [0.2, 0.25) is 0 Å². The van der Waals surface area contributed by atoms with E-state index in [1.165, 1.54) is 0 Å². The van der Waals surface area contributed by atoms with Crippen LogP contribution in [-0.2, 0) is 6.61 Å². The van der Waals surface area contributed by atoms with E-state index in [0.29, 0.717) is 0 Å². The first kappa shape index (κ1) is 7.70. The molecular formula is C7H6BrN3O. The largest absolute Gasteiger partial charge is 0.392 e. The van der Waals surface area contributed by atoms with Gasteiger partial charge in [-0.3, -0.25) is 0 Å². The quantitative estimate of drug-likeness (QED) is 0.771. The number of fused-ring (bicyclic) bond motifs is 1. The minimum absolute atomic E-state index is 0.0153. The van der Waals surface area contributed by atoms with Crippen LogP contribution in [0.3, 0.4) is 0 Å². The van der Waals surface area contributed by atoms with E-state index in [4.69, 9.17) is 5.11 Å². The monoisotopic (exact) mass is 227 g/mol. The maximum atomic E-state index is 8.88. The highest BCUT2D eigenvalue weighted by Crippen LogP contribution is 2.21. The van der Waals surface area contributed by atoms with E-state index in [9.17, 15) is 0 Å². The van der Waals surface area contributed by atoms with Gasteiger partial charge in [-0.25, -0.2) is 0 Å². The Bertz CT molecular complexity index is 412. The third-order valence-corrected chi connectivity index (χ3v) is 2.22. The number of benzene rings is 1. The van der Waals surface area contributed by atoms with Crippen molar-refractivity contribution in [3.63, 3.8) is 0 Å². The van der Waals surface area contributed by atoms with Crippen molar-refractivity contribution < 1.29 is 5.11 Å². The molecule has 5 heteroatoms. The van der Waals surface area contributed by atoms with Crippen LogP contribution in [0.4, 0.5) is 0 Å². The summed E-state index contributed by atoms with van der Waals surface area (Å²) in [6.45, 7) is 0.0153. The van der Waals surface area contributed by atoms with Crippen molar-refractivity contribution in [2.75, 3.05) is 0 Å². The SMILES string of the molecule is OCc1cc(Br)c2n[nH]nc2c1. The topological polar surface area (TPSA) is 61.8 Å². The normalized spacial score (nSPS) is 10.8. The molecule has 2 N–H and O–H groups in total. The Morgan fingerprint density at radius 2 is 2.25 bits per heavy atom. The van der Waals surface area contributed by atoms with Crippen LogP contribution in [0.25, 0.3) is 11.0 Å². The molecule has 0 saturated carbocycles. The van der Waals surface area contributed by atoms with Crippen molar-refractivity contribution in [1.29, 1.82) is 0 Å². The van der Waals surface area contributed by atoms with Crippen LogP contribution in [0.1, 0.15) is 5.56 Å². The van der Waals surface area contributed by atoms with E-state index in [2.05, 4.69) is 31.3 Å². The molecule has 0 spiro atoms. The van der Waals surface area contributed by atoms with Crippen molar-refractivity contribution in [3.05, 3.63) is 22.2 Å². The van der Waals surface area contributed by atoms with Crippen LogP contribution in [0.2, 0.25) is 0 Å². The van der Waals surface area contributed by atoms with Gasteiger partial charge in [-0.2, -0.15) is 15.4 Å². The van der Waals surface area contributed by atoms with Crippen LogP contribution >= 0.6 is 15.9 Å². The van der Waals surface area contributed by atoms with Crippen LogP contribution in [0, 0.1) is 0 Å². The summed E-state index contributed by atoms with van der Waals surface area (Å²) in [7, 11) is 0. The van der Waals surface area contributed by atoms with Crippen molar-refractivity contribution in [1.82, 2.24) is 15.4 Å². The van der Waals surface area contributed by atoms with Crippen molar-refractivity contribution in [3.8, 4) is 0 Å². The van der Waals surface area contributed by atoms with Gasteiger partial charge in [0.1, 0.15) is 11.0 Å². The lowest BCUT2D eigenvalue weighted by Gasteiger charge is -1.96. The fourth-order valence-electron chi connectivity index (χ4n) is 1.06. The van der Waals surface area contributed by atoms with Gasteiger partial charge in [-0.05, 0) is 33.6 Å². The number of rotatable bonds is 1. The molecule has 0 bridgehead atoms. The molecule has 0 atom stereocenters. The second-order valence-electron chi connectivity index (χ2n) is 2.43. The van der Waals surface area contributed by atoms with E-state index in [0.717, 1.165) is 21.1 Å². The molecule has 12 heavy (non-hydrogen) atoms. The highest BCUT2D eigenvalue weighted by atomic mass is 79.9. The van der Waals surface area contributed by atoms with Crippen LogP contribution in [0.15, 0.2) is 16.6 Å². The van der Waals surface area contributed by atoms with Crippen molar-refractivity contribution >= 4 is 27.0 Å². The number of hydrogen-bond acceptors (Lipinski definition) is 3. The second kappa shape index (κ2) is 2.84. The Labute approximate surface area is 76.7 Å². The first-order valence-electron chi connectivity index (χ1n) is 3.41. The molecule has 2 aromatic rings. The summed E-state index contributed by atoms with van der Waals surface area (Å²) in [6.07, 6.45) is 0. The van der Waals surface area contributed by atoms with E-state index in [1.54, 1.807) is 6.07 Å². The number of nitrogens with one attached hydrogen (secondary N) is 1. The third-order valence-electron chi connectivity index (χ3n) is 1.62. The third kappa shape index (κ3) is 1.11. The van der Waals surface area contributed by atoms with Gasteiger partial charge in [0.15, 0.2) is 0 Å². The molecule has 0 aliphatic rings. The molecule has 0 aliphatic heterocycles. The van der Waals surface area contributed by atoms with E-state index in [1.807, 2.05) is 6.07 Å². The molecule has 2 rings (SSSR count). The Balaban J connectivity index is 2.75. The lowest BCUT2D eigenvalue weighted by atomic mass is 10.2. The number of halogens is 1. The molecule has 0 saturated heterocycles. The molecule has 1 heterocycles. The number of aliphatic hydroxyl groups excluding tert-OH is 1.